The van der Waals surface area contributed by atoms with E-state index in [4.69, 9.17) is 4.74 Å². The van der Waals surface area contributed by atoms with E-state index in [2.05, 4.69) is 71.9 Å². The molecule has 0 radical (unpaired) electrons. The standard InChI is InChI=1S/C24H32O/c1-7-8-9-10-18-14-19(16(2)3)23-20-13-17(4)11-12-21(20)24(5,6)25-22(23)15-18/h11-16H,7-10H2,1-6H3. The normalized spacial score (nSPS) is 14.8. The van der Waals surface area contributed by atoms with Gasteiger partial charge in [0.15, 0.2) is 0 Å². The van der Waals surface area contributed by atoms with Gasteiger partial charge >= 0.3 is 0 Å². The van der Waals surface area contributed by atoms with E-state index in [1.165, 1.54) is 52.6 Å². The molecule has 1 aliphatic heterocycles. The Balaban J connectivity index is 2.17. The highest BCUT2D eigenvalue weighted by Crippen LogP contribution is 2.49. The smallest absolute Gasteiger partial charge is 0.129 e. The Morgan fingerprint density at radius 1 is 1.04 bits per heavy atom. The summed E-state index contributed by atoms with van der Waals surface area (Å²) < 4.78 is 6.52. The number of fused-ring (bicyclic) bond motifs is 3. The summed E-state index contributed by atoms with van der Waals surface area (Å²) in [7, 11) is 0. The van der Waals surface area contributed by atoms with Crippen molar-refractivity contribution in [3.05, 3.63) is 52.6 Å². The Bertz CT molecular complexity index is 768. The zero-order valence-corrected chi connectivity index (χ0v) is 16.7. The highest BCUT2D eigenvalue weighted by atomic mass is 16.5. The lowest BCUT2D eigenvalue weighted by molar-refractivity contribution is 0.105. The van der Waals surface area contributed by atoms with Crippen molar-refractivity contribution in [2.24, 2.45) is 0 Å². The van der Waals surface area contributed by atoms with Gasteiger partial charge in [-0.2, -0.15) is 0 Å². The van der Waals surface area contributed by atoms with Crippen LogP contribution in [0.15, 0.2) is 30.3 Å². The molecule has 134 valence electrons. The van der Waals surface area contributed by atoms with Crippen LogP contribution in [0.25, 0.3) is 11.1 Å². The van der Waals surface area contributed by atoms with E-state index in [1.807, 2.05) is 0 Å². The Hall–Kier alpha value is -1.76. The summed E-state index contributed by atoms with van der Waals surface area (Å²) in [6.07, 6.45) is 4.96. The topological polar surface area (TPSA) is 9.23 Å². The van der Waals surface area contributed by atoms with Crippen molar-refractivity contribution >= 4 is 0 Å². The summed E-state index contributed by atoms with van der Waals surface area (Å²) in [5.41, 5.74) is 7.83. The quantitative estimate of drug-likeness (QED) is 0.527. The maximum absolute atomic E-state index is 6.52. The molecule has 1 nitrogen and oxygen atoms in total. The molecule has 2 aromatic rings. The van der Waals surface area contributed by atoms with E-state index in [0.717, 1.165) is 12.2 Å². The Morgan fingerprint density at radius 2 is 1.80 bits per heavy atom. The van der Waals surface area contributed by atoms with E-state index in [-0.39, 0.29) is 5.60 Å². The first-order valence-electron chi connectivity index (χ1n) is 9.81. The predicted molar refractivity (Wildman–Crippen MR) is 108 cm³/mol. The van der Waals surface area contributed by atoms with Crippen LogP contribution in [0.1, 0.15) is 82.1 Å². The molecule has 3 rings (SSSR count). The van der Waals surface area contributed by atoms with E-state index in [0.29, 0.717) is 5.92 Å². The van der Waals surface area contributed by atoms with Crippen LogP contribution in [0.3, 0.4) is 0 Å². The third-order valence-corrected chi connectivity index (χ3v) is 5.34. The van der Waals surface area contributed by atoms with Crippen LogP contribution in [0.2, 0.25) is 0 Å². The van der Waals surface area contributed by atoms with Gasteiger partial charge in [-0.1, -0.05) is 63.4 Å². The lowest BCUT2D eigenvalue weighted by Gasteiger charge is -2.37. The van der Waals surface area contributed by atoms with Crippen LogP contribution < -0.4 is 4.74 Å². The molecule has 0 aromatic heterocycles. The number of ether oxygens (including phenoxy) is 1. The minimum atomic E-state index is -0.285. The minimum absolute atomic E-state index is 0.285. The van der Waals surface area contributed by atoms with Crippen LogP contribution in [-0.2, 0) is 12.0 Å². The van der Waals surface area contributed by atoms with Crippen molar-refractivity contribution in [3.8, 4) is 16.9 Å². The van der Waals surface area contributed by atoms with Crippen LogP contribution >= 0.6 is 0 Å². The van der Waals surface area contributed by atoms with Crippen LogP contribution in [0, 0.1) is 6.92 Å². The Kier molecular flexibility index (Phi) is 4.95. The second-order valence-electron chi connectivity index (χ2n) is 8.33. The molecule has 0 atom stereocenters. The molecule has 1 aliphatic rings. The van der Waals surface area contributed by atoms with Crippen molar-refractivity contribution in [1.82, 2.24) is 0 Å². The second kappa shape index (κ2) is 6.86. The fraction of sp³-hybridized carbons (Fsp3) is 0.500. The van der Waals surface area contributed by atoms with Crippen LogP contribution in [0.5, 0.6) is 5.75 Å². The summed E-state index contributed by atoms with van der Waals surface area (Å²) >= 11 is 0. The van der Waals surface area contributed by atoms with E-state index >= 15 is 0 Å². The minimum Gasteiger partial charge on any atom is -0.482 e. The SMILES string of the molecule is CCCCCc1cc2c(c(C(C)C)c1)-c1cc(C)ccc1C(C)(C)O2. The van der Waals surface area contributed by atoms with Crippen LogP contribution in [-0.4, -0.2) is 0 Å². The lowest BCUT2D eigenvalue weighted by Crippen LogP contribution is -2.30. The zero-order chi connectivity index (χ0) is 18.2. The van der Waals surface area contributed by atoms with Crippen molar-refractivity contribution < 1.29 is 4.74 Å². The summed E-state index contributed by atoms with van der Waals surface area (Å²) in [6, 6.07) is 11.5. The monoisotopic (exact) mass is 336 g/mol. The Morgan fingerprint density at radius 3 is 2.48 bits per heavy atom. The molecule has 25 heavy (non-hydrogen) atoms. The Labute approximate surface area is 153 Å². The molecule has 0 aliphatic carbocycles. The molecular formula is C24H32O. The van der Waals surface area contributed by atoms with Crippen molar-refractivity contribution in [2.45, 2.75) is 78.7 Å². The van der Waals surface area contributed by atoms with Crippen molar-refractivity contribution in [3.63, 3.8) is 0 Å². The van der Waals surface area contributed by atoms with E-state index < -0.39 is 0 Å². The second-order valence-corrected chi connectivity index (χ2v) is 8.33. The number of aryl methyl sites for hydroxylation is 2. The lowest BCUT2D eigenvalue weighted by atomic mass is 9.80. The fourth-order valence-corrected chi connectivity index (χ4v) is 3.96. The molecule has 0 saturated heterocycles. The van der Waals surface area contributed by atoms with Gasteiger partial charge in [-0.3, -0.25) is 0 Å². The zero-order valence-electron chi connectivity index (χ0n) is 16.7. The highest BCUT2D eigenvalue weighted by molar-refractivity contribution is 5.80. The molecule has 0 amide bonds. The maximum atomic E-state index is 6.52. The van der Waals surface area contributed by atoms with Gasteiger partial charge in [0.2, 0.25) is 0 Å². The van der Waals surface area contributed by atoms with Gasteiger partial charge in [0.05, 0.1) is 0 Å². The molecule has 1 heteroatoms. The maximum Gasteiger partial charge on any atom is 0.129 e. The molecule has 1 heterocycles. The molecule has 0 fully saturated rings. The average Bonchev–Trinajstić information content (AvgIpc) is 2.53. The van der Waals surface area contributed by atoms with Gasteiger partial charge in [-0.25, -0.2) is 0 Å². The largest absolute Gasteiger partial charge is 0.482 e. The molecule has 0 saturated carbocycles. The number of unbranched alkanes of at least 4 members (excludes halogenated alkanes) is 2. The van der Waals surface area contributed by atoms with Crippen molar-refractivity contribution in [1.29, 1.82) is 0 Å². The number of hydrogen-bond acceptors (Lipinski definition) is 1. The highest BCUT2D eigenvalue weighted by Gasteiger charge is 2.34. The van der Waals surface area contributed by atoms with Crippen LogP contribution in [0.4, 0.5) is 0 Å². The number of hydrogen-bond donors (Lipinski definition) is 0. The number of benzene rings is 2. The molecule has 0 bridgehead atoms. The number of rotatable bonds is 5. The average molecular weight is 337 g/mol. The van der Waals surface area contributed by atoms with E-state index in [9.17, 15) is 0 Å². The van der Waals surface area contributed by atoms with Gasteiger partial charge in [0.25, 0.3) is 0 Å². The molecule has 0 unspecified atom stereocenters. The van der Waals surface area contributed by atoms with Crippen molar-refractivity contribution in [2.75, 3.05) is 0 Å². The summed E-state index contributed by atoms with van der Waals surface area (Å²) in [4.78, 5) is 0. The van der Waals surface area contributed by atoms with Gasteiger partial charge in [0.1, 0.15) is 11.4 Å². The van der Waals surface area contributed by atoms with Gasteiger partial charge in [-0.05, 0) is 62.3 Å². The molecular weight excluding hydrogens is 304 g/mol. The van der Waals surface area contributed by atoms with E-state index in [1.54, 1.807) is 0 Å². The first-order chi connectivity index (χ1) is 11.8. The third-order valence-electron chi connectivity index (χ3n) is 5.34. The first kappa shape index (κ1) is 18.0. The summed E-state index contributed by atoms with van der Waals surface area (Å²) in [5.74, 6) is 1.55. The first-order valence-corrected chi connectivity index (χ1v) is 9.81. The molecule has 0 spiro atoms. The van der Waals surface area contributed by atoms with Gasteiger partial charge < -0.3 is 4.74 Å². The molecule has 0 N–H and O–H groups in total. The van der Waals surface area contributed by atoms with Gasteiger partial charge in [-0.15, -0.1) is 0 Å². The molecule has 2 aromatic carbocycles. The third kappa shape index (κ3) is 3.47. The van der Waals surface area contributed by atoms with Gasteiger partial charge in [0, 0.05) is 11.1 Å². The summed E-state index contributed by atoms with van der Waals surface area (Å²) in [6.45, 7) is 13.4. The summed E-state index contributed by atoms with van der Waals surface area (Å²) in [5, 5.41) is 0. The predicted octanol–water partition coefficient (Wildman–Crippen LogP) is 7.15. The fourth-order valence-electron chi connectivity index (χ4n) is 3.96.